The molecule has 1 amide bonds. The fraction of sp³-hybridized carbons (Fsp3) is 0.917. The van der Waals surface area contributed by atoms with E-state index in [1.807, 2.05) is 20.8 Å². The highest BCUT2D eigenvalue weighted by atomic mass is 35.5. The predicted molar refractivity (Wildman–Crippen MR) is 61.9 cm³/mol. The number of carbonyl (C=O) groups is 1. The molecule has 2 bridgehead atoms. The number of nitrogens with one attached hydrogen (secondary N) is 1. The summed E-state index contributed by atoms with van der Waals surface area (Å²) in [4.78, 5) is 11.5. The van der Waals surface area contributed by atoms with Crippen molar-refractivity contribution >= 4 is 17.5 Å². The molecule has 0 aromatic carbocycles. The van der Waals surface area contributed by atoms with E-state index in [-0.39, 0.29) is 11.4 Å². The Labute approximate surface area is 96.8 Å². The van der Waals surface area contributed by atoms with Crippen LogP contribution < -0.4 is 5.32 Å². The zero-order valence-electron chi connectivity index (χ0n) is 9.77. The molecule has 3 heteroatoms. The molecule has 2 rings (SSSR count). The van der Waals surface area contributed by atoms with Gasteiger partial charge < -0.3 is 5.32 Å². The molecule has 3 unspecified atom stereocenters. The topological polar surface area (TPSA) is 29.1 Å². The molecule has 2 nitrogen and oxygen atoms in total. The number of hydrogen-bond acceptors (Lipinski definition) is 1. The maximum Gasteiger partial charge on any atom is 0.241 e. The summed E-state index contributed by atoms with van der Waals surface area (Å²) < 4.78 is 0. The van der Waals surface area contributed by atoms with Gasteiger partial charge >= 0.3 is 0 Å². The van der Waals surface area contributed by atoms with Gasteiger partial charge in [-0.2, -0.15) is 0 Å². The van der Waals surface area contributed by atoms with Crippen molar-refractivity contribution in [2.75, 3.05) is 0 Å². The molecule has 2 saturated carbocycles. The molecule has 0 aliphatic heterocycles. The largest absolute Gasteiger partial charge is 0.350 e. The Kier molecular flexibility index (Phi) is 2.53. The summed E-state index contributed by atoms with van der Waals surface area (Å²) in [7, 11) is 0. The Hall–Kier alpha value is -0.240. The van der Waals surface area contributed by atoms with E-state index in [2.05, 4.69) is 5.32 Å². The Morgan fingerprint density at radius 2 is 2.07 bits per heavy atom. The molecule has 0 radical (unpaired) electrons. The highest BCUT2D eigenvalue weighted by Crippen LogP contribution is 2.54. The molecule has 15 heavy (non-hydrogen) atoms. The second-order valence-electron chi connectivity index (χ2n) is 6.15. The van der Waals surface area contributed by atoms with Crippen molar-refractivity contribution < 1.29 is 4.79 Å². The number of alkyl halides is 1. The minimum atomic E-state index is -0.601. The Balaban J connectivity index is 2.07. The van der Waals surface area contributed by atoms with E-state index in [0.29, 0.717) is 11.8 Å². The third-order valence-electron chi connectivity index (χ3n) is 3.64. The Morgan fingerprint density at radius 1 is 1.40 bits per heavy atom. The first-order valence-corrected chi connectivity index (χ1v) is 6.20. The molecule has 0 heterocycles. The minimum absolute atomic E-state index is 0.0452. The van der Waals surface area contributed by atoms with Crippen LogP contribution in [0.25, 0.3) is 0 Å². The summed E-state index contributed by atoms with van der Waals surface area (Å²) in [6.07, 6.45) is 4.43. The molecular weight excluding hydrogens is 210 g/mol. The van der Waals surface area contributed by atoms with Crippen molar-refractivity contribution in [3.05, 3.63) is 0 Å². The zero-order chi connectivity index (χ0) is 11.3. The molecule has 0 saturated heterocycles. The maximum atomic E-state index is 12.1. The van der Waals surface area contributed by atoms with Crippen molar-refractivity contribution in [3.8, 4) is 0 Å². The van der Waals surface area contributed by atoms with Gasteiger partial charge in [0.2, 0.25) is 5.91 Å². The summed E-state index contributed by atoms with van der Waals surface area (Å²) in [6, 6.07) is 0. The lowest BCUT2D eigenvalue weighted by Gasteiger charge is -2.33. The first kappa shape index (κ1) is 11.3. The predicted octanol–water partition coefficient (Wildman–Crippen LogP) is 2.70. The van der Waals surface area contributed by atoms with Gasteiger partial charge in [-0.3, -0.25) is 4.79 Å². The van der Waals surface area contributed by atoms with Gasteiger partial charge in [0.25, 0.3) is 0 Å². The molecule has 3 atom stereocenters. The van der Waals surface area contributed by atoms with Crippen LogP contribution in [0.2, 0.25) is 0 Å². The van der Waals surface area contributed by atoms with Crippen molar-refractivity contribution in [3.63, 3.8) is 0 Å². The van der Waals surface area contributed by atoms with Gasteiger partial charge in [0.15, 0.2) is 0 Å². The van der Waals surface area contributed by atoms with Crippen LogP contribution in [0.1, 0.15) is 46.5 Å². The van der Waals surface area contributed by atoms with Crippen molar-refractivity contribution in [1.82, 2.24) is 5.32 Å². The van der Waals surface area contributed by atoms with Crippen LogP contribution >= 0.6 is 11.6 Å². The number of rotatable bonds is 1. The molecular formula is C12H20ClNO. The van der Waals surface area contributed by atoms with E-state index in [1.165, 1.54) is 6.42 Å². The third-order valence-corrected chi connectivity index (χ3v) is 4.27. The van der Waals surface area contributed by atoms with E-state index < -0.39 is 4.87 Å². The van der Waals surface area contributed by atoms with E-state index in [9.17, 15) is 4.79 Å². The summed E-state index contributed by atoms with van der Waals surface area (Å²) in [5, 5.41) is 3.02. The van der Waals surface area contributed by atoms with Gasteiger partial charge in [-0.05, 0) is 51.9 Å². The van der Waals surface area contributed by atoms with Crippen LogP contribution in [0.3, 0.4) is 0 Å². The van der Waals surface area contributed by atoms with Crippen LogP contribution in [0, 0.1) is 11.8 Å². The van der Waals surface area contributed by atoms with E-state index in [4.69, 9.17) is 11.6 Å². The van der Waals surface area contributed by atoms with Crippen molar-refractivity contribution in [2.45, 2.75) is 56.9 Å². The molecule has 2 aliphatic carbocycles. The first-order chi connectivity index (χ1) is 6.81. The van der Waals surface area contributed by atoms with Crippen LogP contribution in [-0.4, -0.2) is 16.3 Å². The first-order valence-electron chi connectivity index (χ1n) is 5.83. The highest BCUT2D eigenvalue weighted by molar-refractivity contribution is 6.35. The molecule has 86 valence electrons. The summed E-state index contributed by atoms with van der Waals surface area (Å²) in [6.45, 7) is 6.00. The maximum absolute atomic E-state index is 12.1. The summed E-state index contributed by atoms with van der Waals surface area (Å²) in [5.41, 5.74) is -0.180. The summed E-state index contributed by atoms with van der Waals surface area (Å²) in [5.74, 6) is 1.15. The minimum Gasteiger partial charge on any atom is -0.350 e. The van der Waals surface area contributed by atoms with E-state index >= 15 is 0 Å². The second kappa shape index (κ2) is 3.38. The average molecular weight is 230 g/mol. The average Bonchev–Trinajstić information content (AvgIpc) is 2.60. The smallest absolute Gasteiger partial charge is 0.241 e. The van der Waals surface area contributed by atoms with Gasteiger partial charge in [0.1, 0.15) is 4.87 Å². The number of hydrogen-bond donors (Lipinski definition) is 1. The standard InChI is InChI=1S/C12H20ClNO/c1-11(2,3)14-10(15)12(13)7-8-4-5-9(12)6-8/h8-9H,4-7H2,1-3H3,(H,14,15). The quantitative estimate of drug-likeness (QED) is 0.689. The monoisotopic (exact) mass is 229 g/mol. The van der Waals surface area contributed by atoms with Gasteiger partial charge in [-0.25, -0.2) is 0 Å². The van der Waals surface area contributed by atoms with Crippen LogP contribution in [0.5, 0.6) is 0 Å². The number of carbonyl (C=O) groups excluding carboxylic acids is 1. The van der Waals surface area contributed by atoms with Crippen LogP contribution in [-0.2, 0) is 4.79 Å². The molecule has 2 fully saturated rings. The molecule has 2 aliphatic rings. The van der Waals surface area contributed by atoms with Gasteiger partial charge in [-0.15, -0.1) is 11.6 Å². The highest BCUT2D eigenvalue weighted by Gasteiger charge is 2.54. The SMILES string of the molecule is CC(C)(C)NC(=O)C1(Cl)CC2CCC1C2. The van der Waals surface area contributed by atoms with Crippen LogP contribution in [0.15, 0.2) is 0 Å². The molecule has 0 aromatic heterocycles. The van der Waals surface area contributed by atoms with Gasteiger partial charge in [0, 0.05) is 5.54 Å². The Morgan fingerprint density at radius 3 is 2.47 bits per heavy atom. The fourth-order valence-electron chi connectivity index (χ4n) is 2.99. The van der Waals surface area contributed by atoms with Gasteiger partial charge in [0.05, 0.1) is 0 Å². The van der Waals surface area contributed by atoms with Crippen molar-refractivity contribution in [1.29, 1.82) is 0 Å². The molecule has 1 N–H and O–H groups in total. The lowest BCUT2D eigenvalue weighted by Crippen LogP contribution is -2.52. The number of fused-ring (bicyclic) bond motifs is 2. The summed E-state index contributed by atoms with van der Waals surface area (Å²) >= 11 is 6.51. The lowest BCUT2D eigenvalue weighted by molar-refractivity contribution is -0.126. The number of amides is 1. The van der Waals surface area contributed by atoms with Crippen LogP contribution in [0.4, 0.5) is 0 Å². The van der Waals surface area contributed by atoms with E-state index in [0.717, 1.165) is 19.3 Å². The second-order valence-corrected chi connectivity index (χ2v) is 6.82. The molecule has 0 aromatic rings. The van der Waals surface area contributed by atoms with E-state index in [1.54, 1.807) is 0 Å². The molecule has 0 spiro atoms. The zero-order valence-corrected chi connectivity index (χ0v) is 10.5. The van der Waals surface area contributed by atoms with Crippen molar-refractivity contribution in [2.24, 2.45) is 11.8 Å². The Bertz CT molecular complexity index is 284. The number of halogens is 1. The third kappa shape index (κ3) is 2.01. The fourth-order valence-corrected chi connectivity index (χ4v) is 3.45. The lowest BCUT2D eigenvalue weighted by atomic mass is 9.86. The normalized spacial score (nSPS) is 39.5. The van der Waals surface area contributed by atoms with Gasteiger partial charge in [-0.1, -0.05) is 6.42 Å².